The first-order chi connectivity index (χ1) is 11.3. The number of hydrogen-bond donors (Lipinski definition) is 1. The topological polar surface area (TPSA) is 43.8 Å². The Balaban J connectivity index is 2.20. The third kappa shape index (κ3) is 4.27. The van der Waals surface area contributed by atoms with Crippen molar-refractivity contribution in [2.45, 2.75) is 38.6 Å². The first-order valence-corrected chi connectivity index (χ1v) is 8.13. The molecule has 1 aromatic carbocycles. The fourth-order valence-corrected chi connectivity index (χ4v) is 3.17. The number of likely N-dealkylation sites (tertiary alicyclic amines) is 1. The van der Waals surface area contributed by atoms with Crippen LogP contribution in [0.3, 0.4) is 0 Å². The van der Waals surface area contributed by atoms with Crippen LogP contribution in [0.5, 0.6) is 0 Å². The van der Waals surface area contributed by atoms with Crippen LogP contribution in [0.25, 0.3) is 0 Å². The summed E-state index contributed by atoms with van der Waals surface area (Å²) >= 11 is 0. The van der Waals surface area contributed by atoms with Crippen molar-refractivity contribution in [2.24, 2.45) is 0 Å². The number of alkyl halides is 3. The molecule has 2 rings (SSSR count). The molecule has 1 amide bonds. The normalized spacial score (nSPS) is 21.9. The highest BCUT2D eigenvalue weighted by molar-refractivity contribution is 5.78. The van der Waals surface area contributed by atoms with E-state index >= 15 is 0 Å². The fourth-order valence-electron chi connectivity index (χ4n) is 3.17. The van der Waals surface area contributed by atoms with Gasteiger partial charge in [-0.05, 0) is 38.0 Å². The maximum atomic E-state index is 12.9. The second kappa shape index (κ2) is 7.53. The number of aliphatic hydroxyl groups is 1. The van der Waals surface area contributed by atoms with Gasteiger partial charge in [-0.25, -0.2) is 0 Å². The molecule has 1 fully saturated rings. The van der Waals surface area contributed by atoms with E-state index in [9.17, 15) is 23.1 Å². The minimum absolute atomic E-state index is 0.0777. The van der Waals surface area contributed by atoms with Gasteiger partial charge in [0.2, 0.25) is 5.91 Å². The van der Waals surface area contributed by atoms with Crippen molar-refractivity contribution >= 4 is 5.91 Å². The first kappa shape index (κ1) is 18.7. The van der Waals surface area contributed by atoms with Gasteiger partial charge >= 0.3 is 6.18 Å². The van der Waals surface area contributed by atoms with Crippen molar-refractivity contribution in [3.63, 3.8) is 0 Å². The molecule has 1 heterocycles. The number of carbonyl (C=O) groups excluding carboxylic acids is 1. The van der Waals surface area contributed by atoms with Crippen LogP contribution >= 0.6 is 0 Å². The number of halogens is 3. The number of β-amino-alcohol motifs (C(OH)–C–C–N with tert-alkyl or cyclic N) is 1. The van der Waals surface area contributed by atoms with Gasteiger partial charge in [-0.3, -0.25) is 9.69 Å². The van der Waals surface area contributed by atoms with Crippen molar-refractivity contribution in [1.29, 1.82) is 0 Å². The minimum Gasteiger partial charge on any atom is -0.392 e. The molecule has 0 spiro atoms. The number of rotatable bonds is 5. The quantitative estimate of drug-likeness (QED) is 0.893. The Bertz CT molecular complexity index is 573. The Labute approximate surface area is 139 Å². The van der Waals surface area contributed by atoms with E-state index in [0.29, 0.717) is 25.1 Å². The maximum absolute atomic E-state index is 12.9. The second-order valence-electron chi connectivity index (χ2n) is 6.02. The molecule has 7 heteroatoms. The molecule has 1 aromatic rings. The monoisotopic (exact) mass is 344 g/mol. The average Bonchev–Trinajstić information content (AvgIpc) is 2.88. The lowest BCUT2D eigenvalue weighted by molar-refractivity contribution is -0.137. The number of aliphatic hydroxyl groups excluding tert-OH is 1. The standard InChI is InChI=1S/C17H23F3N2O2/c1-3-21(4-2)16(24)11-22-10-14(23)9-15(22)12-6-5-7-13(8-12)17(18,19)20/h5-8,14-15,23H,3-4,9-11H2,1-2H3/t14-,15-/m0/s1. The van der Waals surface area contributed by atoms with Gasteiger partial charge < -0.3 is 10.0 Å². The molecule has 0 radical (unpaired) electrons. The summed E-state index contributed by atoms with van der Waals surface area (Å²) in [4.78, 5) is 15.7. The van der Waals surface area contributed by atoms with Crippen molar-refractivity contribution in [2.75, 3.05) is 26.2 Å². The zero-order valence-corrected chi connectivity index (χ0v) is 13.9. The lowest BCUT2D eigenvalue weighted by Gasteiger charge is -2.27. The summed E-state index contributed by atoms with van der Waals surface area (Å²) in [7, 11) is 0. The number of likely N-dealkylation sites (N-methyl/N-ethyl adjacent to an activating group) is 1. The number of carbonyl (C=O) groups is 1. The van der Waals surface area contributed by atoms with E-state index < -0.39 is 17.8 Å². The highest BCUT2D eigenvalue weighted by Gasteiger charge is 2.36. The molecule has 0 saturated carbocycles. The Morgan fingerprint density at radius 2 is 2.00 bits per heavy atom. The van der Waals surface area contributed by atoms with Gasteiger partial charge in [0.05, 0.1) is 18.2 Å². The molecule has 0 unspecified atom stereocenters. The van der Waals surface area contributed by atoms with E-state index in [-0.39, 0.29) is 25.0 Å². The van der Waals surface area contributed by atoms with Gasteiger partial charge in [0.25, 0.3) is 0 Å². The molecule has 0 aliphatic carbocycles. The summed E-state index contributed by atoms with van der Waals surface area (Å²) in [6.45, 7) is 5.31. The summed E-state index contributed by atoms with van der Waals surface area (Å²) in [6, 6.07) is 4.74. The molecular formula is C17H23F3N2O2. The zero-order valence-electron chi connectivity index (χ0n) is 13.9. The highest BCUT2D eigenvalue weighted by Crippen LogP contribution is 2.36. The van der Waals surface area contributed by atoms with Crippen molar-refractivity contribution in [1.82, 2.24) is 9.80 Å². The summed E-state index contributed by atoms with van der Waals surface area (Å²) in [5.41, 5.74) is -0.231. The van der Waals surface area contributed by atoms with Gasteiger partial charge in [-0.1, -0.05) is 12.1 Å². The third-order valence-corrected chi connectivity index (χ3v) is 4.43. The lowest BCUT2D eigenvalue weighted by atomic mass is 10.0. The van der Waals surface area contributed by atoms with Crippen LogP contribution in [0.1, 0.15) is 37.4 Å². The summed E-state index contributed by atoms with van der Waals surface area (Å²) in [5.74, 6) is -0.0777. The molecule has 4 nitrogen and oxygen atoms in total. The van der Waals surface area contributed by atoms with Gasteiger partial charge in [0, 0.05) is 25.7 Å². The summed E-state index contributed by atoms with van der Waals surface area (Å²) in [5, 5.41) is 9.94. The van der Waals surface area contributed by atoms with Crippen LogP contribution in [0.2, 0.25) is 0 Å². The average molecular weight is 344 g/mol. The van der Waals surface area contributed by atoms with Crippen LogP contribution in [0, 0.1) is 0 Å². The number of hydrogen-bond acceptors (Lipinski definition) is 3. The Hall–Kier alpha value is -1.60. The van der Waals surface area contributed by atoms with E-state index in [4.69, 9.17) is 0 Å². The molecule has 1 aliphatic heterocycles. The SMILES string of the molecule is CCN(CC)C(=O)CN1C[C@@H](O)C[C@H]1c1cccc(C(F)(F)F)c1. The highest BCUT2D eigenvalue weighted by atomic mass is 19.4. The molecule has 1 saturated heterocycles. The molecule has 0 aromatic heterocycles. The smallest absolute Gasteiger partial charge is 0.392 e. The number of benzene rings is 1. The molecule has 0 bridgehead atoms. The molecular weight excluding hydrogens is 321 g/mol. The number of amides is 1. The predicted molar refractivity (Wildman–Crippen MR) is 84.3 cm³/mol. The van der Waals surface area contributed by atoms with E-state index in [1.165, 1.54) is 6.07 Å². The lowest BCUT2D eigenvalue weighted by Crippen LogP contribution is -2.40. The van der Waals surface area contributed by atoms with Crippen LogP contribution < -0.4 is 0 Å². The van der Waals surface area contributed by atoms with E-state index in [0.717, 1.165) is 12.1 Å². The molecule has 134 valence electrons. The predicted octanol–water partition coefficient (Wildman–Crippen LogP) is 2.68. The third-order valence-electron chi connectivity index (χ3n) is 4.43. The second-order valence-corrected chi connectivity index (χ2v) is 6.02. The van der Waals surface area contributed by atoms with Gasteiger partial charge in [-0.15, -0.1) is 0 Å². The van der Waals surface area contributed by atoms with Crippen LogP contribution in [0.15, 0.2) is 24.3 Å². The minimum atomic E-state index is -4.41. The molecule has 1 aliphatic rings. The largest absolute Gasteiger partial charge is 0.416 e. The zero-order chi connectivity index (χ0) is 17.9. The maximum Gasteiger partial charge on any atom is 0.416 e. The Morgan fingerprint density at radius 3 is 2.58 bits per heavy atom. The van der Waals surface area contributed by atoms with Gasteiger partial charge in [0.15, 0.2) is 0 Å². The van der Waals surface area contributed by atoms with Crippen LogP contribution in [-0.2, 0) is 11.0 Å². The molecule has 2 atom stereocenters. The van der Waals surface area contributed by atoms with E-state index in [1.54, 1.807) is 15.9 Å². The van der Waals surface area contributed by atoms with Gasteiger partial charge in [-0.2, -0.15) is 13.2 Å². The Kier molecular flexibility index (Phi) is 5.87. The summed E-state index contributed by atoms with van der Waals surface area (Å²) < 4.78 is 38.7. The van der Waals surface area contributed by atoms with E-state index in [1.807, 2.05) is 13.8 Å². The first-order valence-electron chi connectivity index (χ1n) is 8.13. The number of nitrogens with zero attached hydrogens (tertiary/aromatic N) is 2. The molecule has 1 N–H and O–H groups in total. The van der Waals surface area contributed by atoms with Crippen molar-refractivity contribution < 1.29 is 23.1 Å². The van der Waals surface area contributed by atoms with Crippen LogP contribution in [0.4, 0.5) is 13.2 Å². The van der Waals surface area contributed by atoms with Crippen LogP contribution in [-0.4, -0.2) is 53.1 Å². The fraction of sp³-hybridized carbons (Fsp3) is 0.588. The summed E-state index contributed by atoms with van der Waals surface area (Å²) in [6.07, 6.45) is -4.73. The van der Waals surface area contributed by atoms with E-state index in [2.05, 4.69) is 0 Å². The van der Waals surface area contributed by atoms with Gasteiger partial charge in [0.1, 0.15) is 0 Å². The Morgan fingerprint density at radius 1 is 1.33 bits per heavy atom. The van der Waals surface area contributed by atoms with Crippen molar-refractivity contribution in [3.8, 4) is 0 Å². The van der Waals surface area contributed by atoms with Crippen molar-refractivity contribution in [3.05, 3.63) is 35.4 Å². The molecule has 24 heavy (non-hydrogen) atoms.